The third-order valence-electron chi connectivity index (χ3n) is 4.37. The molecule has 0 aliphatic rings. The average molecular weight is 428 g/mol. The highest BCUT2D eigenvalue weighted by atomic mass is 16.5. The second-order valence-electron chi connectivity index (χ2n) is 6.78. The van der Waals surface area contributed by atoms with Crippen LogP contribution in [0.15, 0.2) is 60.7 Å². The summed E-state index contributed by atoms with van der Waals surface area (Å²) in [5, 5.41) is 23.1. The van der Waals surface area contributed by atoms with Crippen molar-refractivity contribution in [1.29, 1.82) is 0 Å². The number of carboxylic acids is 2. The lowest BCUT2D eigenvalue weighted by Crippen LogP contribution is -2.52. The molecular formula is C22H24N2O7. The number of hydrogen-bond donors (Lipinski definition) is 4. The highest BCUT2D eigenvalue weighted by Gasteiger charge is 2.27. The molecule has 0 unspecified atom stereocenters. The molecule has 0 spiro atoms. The molecule has 2 amide bonds. The summed E-state index contributed by atoms with van der Waals surface area (Å²) in [7, 11) is 0. The smallest absolute Gasteiger partial charge is 0.408 e. The van der Waals surface area contributed by atoms with Gasteiger partial charge in [0.1, 0.15) is 18.7 Å². The maximum atomic E-state index is 12.6. The first-order chi connectivity index (χ1) is 14.8. The molecule has 0 saturated heterocycles. The molecule has 9 nitrogen and oxygen atoms in total. The van der Waals surface area contributed by atoms with Crippen molar-refractivity contribution in [2.45, 2.75) is 38.0 Å². The van der Waals surface area contributed by atoms with Crippen LogP contribution in [0, 0.1) is 0 Å². The first-order valence-electron chi connectivity index (χ1n) is 9.61. The molecule has 2 rings (SSSR count). The number of nitrogens with one attached hydrogen (secondary N) is 2. The van der Waals surface area contributed by atoms with E-state index in [0.29, 0.717) is 5.56 Å². The largest absolute Gasteiger partial charge is 0.481 e. The van der Waals surface area contributed by atoms with Gasteiger partial charge in [-0.1, -0.05) is 60.7 Å². The van der Waals surface area contributed by atoms with Crippen LogP contribution in [0.25, 0.3) is 0 Å². The number of alkyl carbamates (subject to hydrolysis) is 1. The summed E-state index contributed by atoms with van der Waals surface area (Å²) >= 11 is 0. The number of hydrogen-bond acceptors (Lipinski definition) is 5. The molecule has 0 bridgehead atoms. The molecule has 0 aliphatic heterocycles. The molecule has 2 atom stereocenters. The Balaban J connectivity index is 2.00. The monoisotopic (exact) mass is 428 g/mol. The Hall–Kier alpha value is -3.88. The number of aliphatic carboxylic acids is 2. The minimum absolute atomic E-state index is 0.0337. The van der Waals surface area contributed by atoms with Gasteiger partial charge in [0, 0.05) is 12.8 Å². The Bertz CT molecular complexity index is 887. The highest BCUT2D eigenvalue weighted by molar-refractivity contribution is 5.89. The van der Waals surface area contributed by atoms with Gasteiger partial charge in [0.15, 0.2) is 0 Å². The molecule has 0 aromatic heterocycles. The number of benzene rings is 2. The Kier molecular flexibility index (Phi) is 9.03. The standard InChI is InChI=1S/C22H24N2O7/c25-19(26)12-11-17(24-22(30)31-14-16-9-5-2-6-10-16)20(27)23-18(21(28)29)13-15-7-3-1-4-8-15/h1-10,17-18H,11-14H2,(H,23,27)(H,24,30)(H,25,26)(H,28,29)/t17-,18-/m0/s1. The zero-order valence-electron chi connectivity index (χ0n) is 16.7. The van der Waals surface area contributed by atoms with E-state index < -0.39 is 42.4 Å². The van der Waals surface area contributed by atoms with Crippen molar-refractivity contribution in [1.82, 2.24) is 10.6 Å². The van der Waals surface area contributed by atoms with E-state index in [4.69, 9.17) is 9.84 Å². The topological polar surface area (TPSA) is 142 Å². The van der Waals surface area contributed by atoms with Crippen LogP contribution in [-0.2, 0) is 32.1 Å². The number of amides is 2. The van der Waals surface area contributed by atoms with E-state index >= 15 is 0 Å². The molecule has 0 saturated carbocycles. The van der Waals surface area contributed by atoms with Crippen LogP contribution in [0.4, 0.5) is 4.79 Å². The van der Waals surface area contributed by atoms with E-state index in [1.54, 1.807) is 54.6 Å². The predicted octanol–water partition coefficient (Wildman–Crippen LogP) is 1.96. The van der Waals surface area contributed by atoms with Crippen LogP contribution in [0.3, 0.4) is 0 Å². The molecule has 2 aromatic rings. The second-order valence-corrected chi connectivity index (χ2v) is 6.78. The maximum Gasteiger partial charge on any atom is 0.408 e. The number of carbonyl (C=O) groups is 4. The van der Waals surface area contributed by atoms with E-state index in [2.05, 4.69) is 10.6 Å². The van der Waals surface area contributed by atoms with Gasteiger partial charge in [0.25, 0.3) is 0 Å². The summed E-state index contributed by atoms with van der Waals surface area (Å²) in [4.78, 5) is 47.3. The summed E-state index contributed by atoms with van der Waals surface area (Å²) in [6.45, 7) is -0.0360. The Morgan fingerprint density at radius 2 is 1.39 bits per heavy atom. The van der Waals surface area contributed by atoms with Crippen molar-refractivity contribution in [3.8, 4) is 0 Å². The molecule has 164 valence electrons. The van der Waals surface area contributed by atoms with Gasteiger partial charge < -0.3 is 25.6 Å². The van der Waals surface area contributed by atoms with Gasteiger partial charge >= 0.3 is 18.0 Å². The molecule has 0 aliphatic carbocycles. The zero-order chi connectivity index (χ0) is 22.6. The van der Waals surface area contributed by atoms with Crippen LogP contribution in [-0.4, -0.2) is 46.2 Å². The lowest BCUT2D eigenvalue weighted by Gasteiger charge is -2.21. The molecule has 31 heavy (non-hydrogen) atoms. The Labute approximate surface area is 179 Å². The van der Waals surface area contributed by atoms with Gasteiger partial charge in [-0.25, -0.2) is 9.59 Å². The molecular weight excluding hydrogens is 404 g/mol. The first-order valence-corrected chi connectivity index (χ1v) is 9.61. The summed E-state index contributed by atoms with van der Waals surface area (Å²) in [6, 6.07) is 15.1. The van der Waals surface area contributed by atoms with Crippen LogP contribution >= 0.6 is 0 Å². The third-order valence-corrected chi connectivity index (χ3v) is 4.37. The quantitative estimate of drug-likeness (QED) is 0.428. The van der Waals surface area contributed by atoms with Crippen molar-refractivity contribution < 1.29 is 34.1 Å². The Morgan fingerprint density at radius 3 is 1.94 bits per heavy atom. The number of carboxylic acid groups (broad SMARTS) is 2. The van der Waals surface area contributed by atoms with Crippen molar-refractivity contribution in [3.63, 3.8) is 0 Å². The van der Waals surface area contributed by atoms with E-state index in [1.807, 2.05) is 6.07 Å². The normalized spacial score (nSPS) is 12.3. The van der Waals surface area contributed by atoms with Gasteiger partial charge in [-0.2, -0.15) is 0 Å². The number of rotatable bonds is 11. The van der Waals surface area contributed by atoms with Crippen LogP contribution in [0.1, 0.15) is 24.0 Å². The fourth-order valence-electron chi connectivity index (χ4n) is 2.77. The molecule has 0 radical (unpaired) electrons. The van der Waals surface area contributed by atoms with Crippen molar-refractivity contribution in [2.24, 2.45) is 0 Å². The van der Waals surface area contributed by atoms with Crippen molar-refractivity contribution in [2.75, 3.05) is 0 Å². The summed E-state index contributed by atoms with van der Waals surface area (Å²) < 4.78 is 5.07. The second kappa shape index (κ2) is 12.0. The van der Waals surface area contributed by atoms with Gasteiger partial charge in [-0.05, 0) is 17.5 Å². The number of carbonyl (C=O) groups excluding carboxylic acids is 2. The highest BCUT2D eigenvalue weighted by Crippen LogP contribution is 2.06. The van der Waals surface area contributed by atoms with Crippen LogP contribution in [0.2, 0.25) is 0 Å². The summed E-state index contributed by atoms with van der Waals surface area (Å²) in [5.41, 5.74) is 1.44. The third kappa shape index (κ3) is 8.57. The predicted molar refractivity (Wildman–Crippen MR) is 110 cm³/mol. The van der Waals surface area contributed by atoms with Gasteiger partial charge in [0.2, 0.25) is 5.91 Å². The fraction of sp³-hybridized carbons (Fsp3) is 0.273. The van der Waals surface area contributed by atoms with Gasteiger partial charge in [-0.3, -0.25) is 9.59 Å². The minimum Gasteiger partial charge on any atom is -0.481 e. The molecule has 0 fully saturated rings. The SMILES string of the molecule is O=C(O)CC[C@H](NC(=O)OCc1ccccc1)C(=O)N[C@@H](Cc1ccccc1)C(=O)O. The van der Waals surface area contributed by atoms with Crippen LogP contribution in [0.5, 0.6) is 0 Å². The van der Waals surface area contributed by atoms with E-state index in [9.17, 15) is 24.3 Å². The number of ether oxygens (including phenoxy) is 1. The Morgan fingerprint density at radius 1 is 0.806 bits per heavy atom. The maximum absolute atomic E-state index is 12.6. The lowest BCUT2D eigenvalue weighted by molar-refractivity contribution is -0.142. The van der Waals surface area contributed by atoms with E-state index in [1.165, 1.54) is 0 Å². The molecule has 9 heteroatoms. The van der Waals surface area contributed by atoms with Gasteiger partial charge in [0.05, 0.1) is 0 Å². The van der Waals surface area contributed by atoms with Crippen LogP contribution < -0.4 is 10.6 Å². The minimum atomic E-state index is -1.27. The van der Waals surface area contributed by atoms with Crippen molar-refractivity contribution in [3.05, 3.63) is 71.8 Å². The fourth-order valence-corrected chi connectivity index (χ4v) is 2.77. The first kappa shape index (κ1) is 23.4. The lowest BCUT2D eigenvalue weighted by atomic mass is 10.0. The van der Waals surface area contributed by atoms with Gasteiger partial charge in [-0.15, -0.1) is 0 Å². The summed E-state index contributed by atoms with van der Waals surface area (Å²) in [6.07, 6.45) is -1.50. The van der Waals surface area contributed by atoms with Crippen molar-refractivity contribution >= 4 is 23.9 Å². The molecule has 0 heterocycles. The molecule has 2 aromatic carbocycles. The zero-order valence-corrected chi connectivity index (χ0v) is 16.7. The van der Waals surface area contributed by atoms with E-state index in [0.717, 1.165) is 5.56 Å². The average Bonchev–Trinajstić information content (AvgIpc) is 2.75. The van der Waals surface area contributed by atoms with E-state index in [-0.39, 0.29) is 19.4 Å². The summed E-state index contributed by atoms with van der Waals surface area (Å²) in [5.74, 6) is -3.21. The molecule has 4 N–H and O–H groups in total.